The Balaban J connectivity index is 1.61. The second-order valence-corrected chi connectivity index (χ2v) is 5.21. The van der Waals surface area contributed by atoms with Crippen molar-refractivity contribution in [2.45, 2.75) is 6.42 Å². The topological polar surface area (TPSA) is 58.6 Å². The molecule has 1 fully saturated rings. The third-order valence-electron chi connectivity index (χ3n) is 3.76. The lowest BCUT2D eigenvalue weighted by molar-refractivity contribution is 0.517. The van der Waals surface area contributed by atoms with E-state index in [4.69, 9.17) is 4.42 Å². The highest BCUT2D eigenvalue weighted by Crippen LogP contribution is 2.17. The van der Waals surface area contributed by atoms with Crippen molar-refractivity contribution in [3.05, 3.63) is 48.3 Å². The summed E-state index contributed by atoms with van der Waals surface area (Å²) in [4.78, 5) is 6.97. The Hall–Kier alpha value is -2.34. The molecule has 0 saturated carbocycles. The molecule has 6 heteroatoms. The first-order valence-electron chi connectivity index (χ1n) is 7.22. The van der Waals surface area contributed by atoms with Gasteiger partial charge < -0.3 is 14.6 Å². The van der Waals surface area contributed by atoms with Crippen LogP contribution in [0.15, 0.2) is 41.1 Å². The SMILES string of the molecule is c1coc(Cc2nc3cc(N4CCNCC4)ccn3n2)c1. The zero-order chi connectivity index (χ0) is 14.1. The predicted octanol–water partition coefficient (Wildman–Crippen LogP) is 1.32. The summed E-state index contributed by atoms with van der Waals surface area (Å²) in [6.45, 7) is 4.12. The largest absolute Gasteiger partial charge is 0.469 e. The van der Waals surface area contributed by atoms with Crippen molar-refractivity contribution in [1.82, 2.24) is 19.9 Å². The smallest absolute Gasteiger partial charge is 0.159 e. The number of rotatable bonds is 3. The third-order valence-corrected chi connectivity index (χ3v) is 3.76. The first-order chi connectivity index (χ1) is 10.4. The number of fused-ring (bicyclic) bond motifs is 1. The van der Waals surface area contributed by atoms with Gasteiger partial charge in [-0.15, -0.1) is 0 Å². The van der Waals surface area contributed by atoms with Gasteiger partial charge in [-0.05, 0) is 18.2 Å². The van der Waals surface area contributed by atoms with Crippen LogP contribution >= 0.6 is 0 Å². The lowest BCUT2D eigenvalue weighted by atomic mass is 10.3. The Bertz CT molecular complexity index is 728. The van der Waals surface area contributed by atoms with E-state index in [2.05, 4.69) is 32.4 Å². The molecular formula is C15H17N5O. The quantitative estimate of drug-likeness (QED) is 0.785. The van der Waals surface area contributed by atoms with Crippen LogP contribution in [0.1, 0.15) is 11.6 Å². The molecule has 6 nitrogen and oxygen atoms in total. The van der Waals surface area contributed by atoms with Crippen LogP contribution < -0.4 is 10.2 Å². The van der Waals surface area contributed by atoms with E-state index in [0.29, 0.717) is 6.42 Å². The van der Waals surface area contributed by atoms with E-state index >= 15 is 0 Å². The molecule has 0 aliphatic carbocycles. The number of nitrogens with zero attached hydrogens (tertiary/aromatic N) is 4. The standard InChI is InChI=1S/C15H17N5O/c1-2-13(21-9-1)11-14-17-15-10-12(3-6-20(15)18-14)19-7-4-16-5-8-19/h1-3,6,9-10,16H,4-5,7-8,11H2. The molecule has 0 aromatic carbocycles. The first kappa shape index (κ1) is 12.4. The Morgan fingerprint density at radius 2 is 2.14 bits per heavy atom. The summed E-state index contributed by atoms with van der Waals surface area (Å²) < 4.78 is 7.17. The number of aromatic nitrogens is 3. The summed E-state index contributed by atoms with van der Waals surface area (Å²) >= 11 is 0. The second kappa shape index (κ2) is 5.21. The van der Waals surface area contributed by atoms with Gasteiger partial charge in [0.25, 0.3) is 0 Å². The molecule has 1 saturated heterocycles. The van der Waals surface area contributed by atoms with Gasteiger partial charge in [-0.1, -0.05) is 0 Å². The number of hydrogen-bond donors (Lipinski definition) is 1. The highest BCUT2D eigenvalue weighted by molar-refractivity contribution is 5.56. The van der Waals surface area contributed by atoms with Gasteiger partial charge >= 0.3 is 0 Å². The summed E-state index contributed by atoms with van der Waals surface area (Å²) in [6, 6.07) is 8.03. The first-order valence-corrected chi connectivity index (χ1v) is 7.22. The van der Waals surface area contributed by atoms with Crippen molar-refractivity contribution in [2.24, 2.45) is 0 Å². The normalized spacial score (nSPS) is 15.7. The summed E-state index contributed by atoms with van der Waals surface area (Å²) in [6.07, 6.45) is 4.27. The Morgan fingerprint density at radius 3 is 2.95 bits per heavy atom. The lowest BCUT2D eigenvalue weighted by Gasteiger charge is -2.29. The minimum Gasteiger partial charge on any atom is -0.469 e. The van der Waals surface area contributed by atoms with Gasteiger partial charge in [0.05, 0.1) is 12.7 Å². The minimum absolute atomic E-state index is 0.623. The Morgan fingerprint density at radius 1 is 1.24 bits per heavy atom. The fourth-order valence-corrected chi connectivity index (χ4v) is 2.68. The third kappa shape index (κ3) is 2.50. The molecule has 0 unspecified atom stereocenters. The fraction of sp³-hybridized carbons (Fsp3) is 0.333. The molecule has 1 aliphatic heterocycles. The molecule has 4 rings (SSSR count). The molecule has 21 heavy (non-hydrogen) atoms. The summed E-state index contributed by atoms with van der Waals surface area (Å²) in [5, 5.41) is 7.85. The second-order valence-electron chi connectivity index (χ2n) is 5.21. The molecule has 4 heterocycles. The number of hydrogen-bond acceptors (Lipinski definition) is 5. The van der Waals surface area contributed by atoms with E-state index < -0.39 is 0 Å². The zero-order valence-electron chi connectivity index (χ0n) is 11.7. The van der Waals surface area contributed by atoms with Crippen LogP contribution in [0, 0.1) is 0 Å². The molecule has 0 bridgehead atoms. The summed E-state index contributed by atoms with van der Waals surface area (Å²) in [7, 11) is 0. The van der Waals surface area contributed by atoms with Gasteiger partial charge in [0, 0.05) is 44.1 Å². The van der Waals surface area contributed by atoms with Crippen LogP contribution in [-0.2, 0) is 6.42 Å². The van der Waals surface area contributed by atoms with Crippen LogP contribution in [0.2, 0.25) is 0 Å². The van der Waals surface area contributed by atoms with Crippen molar-refractivity contribution < 1.29 is 4.42 Å². The molecule has 0 radical (unpaired) electrons. The molecular weight excluding hydrogens is 266 g/mol. The number of furan rings is 1. The van der Waals surface area contributed by atoms with Crippen LogP contribution in [0.4, 0.5) is 5.69 Å². The summed E-state index contributed by atoms with van der Waals surface area (Å²) in [5.41, 5.74) is 2.09. The van der Waals surface area contributed by atoms with Crippen LogP contribution in [-0.4, -0.2) is 40.8 Å². The maximum Gasteiger partial charge on any atom is 0.159 e. The van der Waals surface area contributed by atoms with Gasteiger partial charge in [-0.25, -0.2) is 9.50 Å². The van der Waals surface area contributed by atoms with Gasteiger partial charge in [0.15, 0.2) is 11.5 Å². The van der Waals surface area contributed by atoms with E-state index in [0.717, 1.165) is 43.4 Å². The molecule has 108 valence electrons. The molecule has 3 aromatic rings. The zero-order valence-corrected chi connectivity index (χ0v) is 11.7. The number of anilines is 1. The van der Waals surface area contributed by atoms with E-state index in [1.165, 1.54) is 5.69 Å². The number of piperazine rings is 1. The highest BCUT2D eigenvalue weighted by Gasteiger charge is 2.12. The van der Waals surface area contributed by atoms with Gasteiger partial charge in [-0.3, -0.25) is 0 Å². The molecule has 1 N–H and O–H groups in total. The van der Waals surface area contributed by atoms with Gasteiger partial charge in [0.1, 0.15) is 5.76 Å². The monoisotopic (exact) mass is 283 g/mol. The predicted molar refractivity (Wildman–Crippen MR) is 79.6 cm³/mol. The van der Waals surface area contributed by atoms with Crippen molar-refractivity contribution in [2.75, 3.05) is 31.1 Å². The lowest BCUT2D eigenvalue weighted by Crippen LogP contribution is -2.43. The average Bonchev–Trinajstić information content (AvgIpc) is 3.16. The average molecular weight is 283 g/mol. The molecule has 1 aliphatic rings. The maximum atomic E-state index is 5.35. The molecule has 0 spiro atoms. The van der Waals surface area contributed by atoms with Crippen molar-refractivity contribution >= 4 is 11.3 Å². The maximum absolute atomic E-state index is 5.35. The fourth-order valence-electron chi connectivity index (χ4n) is 2.68. The number of nitrogens with one attached hydrogen (secondary N) is 1. The molecule has 0 atom stereocenters. The molecule has 0 amide bonds. The van der Waals surface area contributed by atoms with Crippen molar-refractivity contribution in [1.29, 1.82) is 0 Å². The van der Waals surface area contributed by atoms with Crippen LogP contribution in [0.5, 0.6) is 0 Å². The van der Waals surface area contributed by atoms with E-state index in [9.17, 15) is 0 Å². The Labute approximate surface area is 122 Å². The van der Waals surface area contributed by atoms with Crippen molar-refractivity contribution in [3.63, 3.8) is 0 Å². The van der Waals surface area contributed by atoms with Crippen molar-refractivity contribution in [3.8, 4) is 0 Å². The van der Waals surface area contributed by atoms with E-state index in [1.54, 1.807) is 6.26 Å². The number of pyridine rings is 1. The van der Waals surface area contributed by atoms with E-state index in [-0.39, 0.29) is 0 Å². The van der Waals surface area contributed by atoms with Gasteiger partial charge in [-0.2, -0.15) is 5.10 Å². The molecule has 3 aromatic heterocycles. The van der Waals surface area contributed by atoms with Crippen LogP contribution in [0.25, 0.3) is 5.65 Å². The van der Waals surface area contributed by atoms with Gasteiger partial charge in [0.2, 0.25) is 0 Å². The highest BCUT2D eigenvalue weighted by atomic mass is 16.3. The Kier molecular flexibility index (Phi) is 3.08. The summed E-state index contributed by atoms with van der Waals surface area (Å²) in [5.74, 6) is 1.66. The van der Waals surface area contributed by atoms with Crippen LogP contribution in [0.3, 0.4) is 0 Å². The van der Waals surface area contributed by atoms with E-state index in [1.807, 2.05) is 22.8 Å². The minimum atomic E-state index is 0.623.